The SMILES string of the molecule is CC(C)CC(=O)O[C@H](CC(C(C)C)N(C)C(=O)OC(C)(C)C)c1nc(C(=O)O)cs1. The van der Waals surface area contributed by atoms with Crippen molar-refractivity contribution in [2.24, 2.45) is 11.8 Å². The molecule has 0 aliphatic rings. The number of carbonyl (C=O) groups excluding carboxylic acids is 2. The van der Waals surface area contributed by atoms with Gasteiger partial charge < -0.3 is 19.5 Å². The van der Waals surface area contributed by atoms with Crippen LogP contribution in [0.5, 0.6) is 0 Å². The lowest BCUT2D eigenvalue weighted by molar-refractivity contribution is -0.151. The van der Waals surface area contributed by atoms with Gasteiger partial charge in [-0.15, -0.1) is 11.3 Å². The Balaban J connectivity index is 3.14. The first-order chi connectivity index (χ1) is 13.7. The molecule has 0 saturated carbocycles. The lowest BCUT2D eigenvalue weighted by atomic mass is 9.96. The number of ether oxygens (including phenoxy) is 2. The molecule has 1 N–H and O–H groups in total. The van der Waals surface area contributed by atoms with Crippen molar-refractivity contribution in [3.63, 3.8) is 0 Å². The molecule has 1 rings (SSSR count). The number of hydrogen-bond donors (Lipinski definition) is 1. The lowest BCUT2D eigenvalue weighted by Gasteiger charge is -2.34. The summed E-state index contributed by atoms with van der Waals surface area (Å²) in [5.41, 5.74) is -0.733. The zero-order valence-electron chi connectivity index (χ0n) is 19.1. The Kier molecular flexibility index (Phi) is 9.27. The van der Waals surface area contributed by atoms with Crippen molar-refractivity contribution >= 4 is 29.4 Å². The van der Waals surface area contributed by atoms with E-state index >= 15 is 0 Å². The molecule has 0 bridgehead atoms. The molecular formula is C21H34N2O6S. The van der Waals surface area contributed by atoms with Gasteiger partial charge in [0.25, 0.3) is 0 Å². The Morgan fingerprint density at radius 3 is 2.23 bits per heavy atom. The summed E-state index contributed by atoms with van der Waals surface area (Å²) in [4.78, 5) is 41.8. The minimum Gasteiger partial charge on any atom is -0.476 e. The molecular weight excluding hydrogens is 408 g/mol. The van der Waals surface area contributed by atoms with Crippen LogP contribution >= 0.6 is 11.3 Å². The maximum Gasteiger partial charge on any atom is 0.410 e. The topological polar surface area (TPSA) is 106 Å². The van der Waals surface area contributed by atoms with Crippen LogP contribution in [-0.4, -0.2) is 51.7 Å². The fourth-order valence-corrected chi connectivity index (χ4v) is 3.67. The highest BCUT2D eigenvalue weighted by Gasteiger charge is 2.33. The Bertz CT molecular complexity index is 738. The van der Waals surface area contributed by atoms with Crippen molar-refractivity contribution in [2.45, 2.75) is 79.1 Å². The minimum absolute atomic E-state index is 0.0349. The normalized spacial score (nSPS) is 13.8. The van der Waals surface area contributed by atoms with Gasteiger partial charge in [-0.1, -0.05) is 27.7 Å². The molecule has 2 atom stereocenters. The number of thiazole rings is 1. The van der Waals surface area contributed by atoms with Crippen LogP contribution in [0.15, 0.2) is 5.38 Å². The summed E-state index contributed by atoms with van der Waals surface area (Å²) in [7, 11) is 1.65. The number of nitrogens with zero attached hydrogens (tertiary/aromatic N) is 2. The Morgan fingerprint density at radius 1 is 1.20 bits per heavy atom. The molecule has 9 heteroatoms. The summed E-state index contributed by atoms with van der Waals surface area (Å²) in [5.74, 6) is -1.37. The number of hydrogen-bond acceptors (Lipinski definition) is 7. The summed E-state index contributed by atoms with van der Waals surface area (Å²) in [5, 5.41) is 11.0. The molecule has 1 aromatic rings. The number of carboxylic acid groups (broad SMARTS) is 1. The molecule has 0 radical (unpaired) electrons. The first-order valence-corrected chi connectivity index (χ1v) is 10.9. The van der Waals surface area contributed by atoms with Gasteiger partial charge >= 0.3 is 18.0 Å². The highest BCUT2D eigenvalue weighted by Crippen LogP contribution is 2.31. The molecule has 1 aromatic heterocycles. The number of aromatic carboxylic acids is 1. The molecule has 0 aliphatic heterocycles. The molecule has 0 aliphatic carbocycles. The van der Waals surface area contributed by atoms with Crippen LogP contribution in [0.2, 0.25) is 0 Å². The van der Waals surface area contributed by atoms with Gasteiger partial charge in [0.2, 0.25) is 0 Å². The molecule has 0 fully saturated rings. The maximum absolute atomic E-state index is 12.6. The van der Waals surface area contributed by atoms with Gasteiger partial charge in [-0.25, -0.2) is 14.6 Å². The van der Waals surface area contributed by atoms with Gasteiger partial charge in [-0.2, -0.15) is 0 Å². The van der Waals surface area contributed by atoms with E-state index in [9.17, 15) is 19.5 Å². The predicted octanol–water partition coefficient (Wildman–Crippen LogP) is 4.75. The quantitative estimate of drug-likeness (QED) is 0.550. The van der Waals surface area contributed by atoms with Crippen LogP contribution in [0.3, 0.4) is 0 Å². The summed E-state index contributed by atoms with van der Waals surface area (Å²) in [6.45, 7) is 13.1. The van der Waals surface area contributed by atoms with E-state index in [1.807, 2.05) is 27.7 Å². The van der Waals surface area contributed by atoms with Crippen molar-refractivity contribution in [2.75, 3.05) is 7.05 Å². The van der Waals surface area contributed by atoms with Crippen LogP contribution in [-0.2, 0) is 14.3 Å². The van der Waals surface area contributed by atoms with E-state index in [1.165, 1.54) is 10.3 Å². The predicted molar refractivity (Wildman–Crippen MR) is 115 cm³/mol. The monoisotopic (exact) mass is 442 g/mol. The summed E-state index contributed by atoms with van der Waals surface area (Å²) < 4.78 is 11.2. The number of rotatable bonds is 9. The number of esters is 1. The van der Waals surface area contributed by atoms with Crippen LogP contribution in [0.1, 0.15) is 82.9 Å². The maximum atomic E-state index is 12.6. The van der Waals surface area contributed by atoms with Crippen molar-refractivity contribution < 1.29 is 29.0 Å². The molecule has 30 heavy (non-hydrogen) atoms. The van der Waals surface area contributed by atoms with Crippen molar-refractivity contribution in [3.05, 3.63) is 16.1 Å². The van der Waals surface area contributed by atoms with E-state index in [0.29, 0.717) is 5.01 Å². The molecule has 1 heterocycles. The second-order valence-electron chi connectivity index (χ2n) is 9.09. The van der Waals surface area contributed by atoms with E-state index < -0.39 is 23.8 Å². The average Bonchev–Trinajstić information content (AvgIpc) is 3.05. The molecule has 0 aromatic carbocycles. The zero-order chi connectivity index (χ0) is 23.2. The van der Waals surface area contributed by atoms with Gasteiger partial charge in [0.05, 0.1) is 0 Å². The van der Waals surface area contributed by atoms with E-state index in [4.69, 9.17) is 9.47 Å². The fourth-order valence-electron chi connectivity index (χ4n) is 2.84. The minimum atomic E-state index is -1.14. The Morgan fingerprint density at radius 2 is 1.80 bits per heavy atom. The number of amides is 1. The molecule has 1 unspecified atom stereocenters. The molecule has 0 spiro atoms. The summed E-state index contributed by atoms with van der Waals surface area (Å²) in [6.07, 6.45) is -0.711. The van der Waals surface area contributed by atoms with E-state index in [-0.39, 0.29) is 42.4 Å². The van der Waals surface area contributed by atoms with Crippen molar-refractivity contribution in [1.82, 2.24) is 9.88 Å². The third-order valence-corrected chi connectivity index (χ3v) is 5.21. The lowest BCUT2D eigenvalue weighted by Crippen LogP contribution is -2.44. The first-order valence-electron chi connectivity index (χ1n) is 10.0. The van der Waals surface area contributed by atoms with Crippen molar-refractivity contribution in [1.29, 1.82) is 0 Å². The van der Waals surface area contributed by atoms with Gasteiger partial charge in [-0.3, -0.25) is 4.79 Å². The largest absolute Gasteiger partial charge is 0.476 e. The van der Waals surface area contributed by atoms with Crippen molar-refractivity contribution in [3.8, 4) is 0 Å². The Hall–Kier alpha value is -2.16. The third-order valence-electron chi connectivity index (χ3n) is 4.27. The average molecular weight is 443 g/mol. The first kappa shape index (κ1) is 25.9. The number of carbonyl (C=O) groups is 3. The van der Waals surface area contributed by atoms with Gasteiger partial charge in [0.15, 0.2) is 11.8 Å². The van der Waals surface area contributed by atoms with Crippen LogP contribution in [0.4, 0.5) is 4.79 Å². The number of carboxylic acids is 1. The second kappa shape index (κ2) is 10.7. The fraction of sp³-hybridized carbons (Fsp3) is 0.714. The summed E-state index contributed by atoms with van der Waals surface area (Å²) >= 11 is 1.13. The van der Waals surface area contributed by atoms with E-state index in [1.54, 1.807) is 27.8 Å². The van der Waals surface area contributed by atoms with Gasteiger partial charge in [0, 0.05) is 31.3 Å². The molecule has 8 nitrogen and oxygen atoms in total. The molecule has 1 amide bonds. The van der Waals surface area contributed by atoms with Gasteiger partial charge in [-0.05, 0) is 32.6 Å². The Labute approximate surface area is 182 Å². The van der Waals surface area contributed by atoms with Crippen LogP contribution < -0.4 is 0 Å². The highest BCUT2D eigenvalue weighted by atomic mass is 32.1. The smallest absolute Gasteiger partial charge is 0.410 e. The highest BCUT2D eigenvalue weighted by molar-refractivity contribution is 7.09. The van der Waals surface area contributed by atoms with E-state index in [0.717, 1.165) is 11.3 Å². The molecule has 0 saturated heterocycles. The standard InChI is InChI=1S/C21H34N2O6S/c1-12(2)9-17(24)28-16(18-22-14(11-30-18)19(25)26)10-15(13(3)4)23(8)20(27)29-21(5,6)7/h11-13,15-16H,9-10H2,1-8H3,(H,25,26)/t15?,16-/m1/s1. The second-order valence-corrected chi connectivity index (χ2v) is 9.98. The summed E-state index contributed by atoms with van der Waals surface area (Å²) in [6, 6.07) is -0.311. The van der Waals surface area contributed by atoms with E-state index in [2.05, 4.69) is 4.98 Å². The van der Waals surface area contributed by atoms with Crippen LogP contribution in [0.25, 0.3) is 0 Å². The zero-order valence-corrected chi connectivity index (χ0v) is 19.9. The molecule has 170 valence electrons. The number of aromatic nitrogens is 1. The van der Waals surface area contributed by atoms with Gasteiger partial charge in [0.1, 0.15) is 10.6 Å². The third kappa shape index (κ3) is 8.30. The van der Waals surface area contributed by atoms with Crippen LogP contribution in [0, 0.1) is 11.8 Å².